The number of methoxy groups -OCH3 is 1. The Morgan fingerprint density at radius 1 is 1.04 bits per heavy atom. The van der Waals surface area contributed by atoms with Crippen molar-refractivity contribution in [3.05, 3.63) is 100 Å². The fourth-order valence-corrected chi connectivity index (χ4v) is 2.74. The zero-order chi connectivity index (χ0) is 19.9. The van der Waals surface area contributed by atoms with Gasteiger partial charge >= 0.3 is 0 Å². The molecule has 3 aromatic rings. The number of allylic oxidation sites excluding steroid dienone is 1. The maximum absolute atomic E-state index is 13.7. The number of carbonyl (C=O) groups is 1. The minimum absolute atomic E-state index is 0.128. The molecule has 0 aliphatic rings. The van der Waals surface area contributed by atoms with Gasteiger partial charge in [-0.15, -0.1) is 0 Å². The average Bonchev–Trinajstić information content (AvgIpc) is 2.72. The fraction of sp³-hybridized carbons (Fsp3) is 0.0870. The third-order valence-corrected chi connectivity index (χ3v) is 4.33. The molecule has 0 atom stereocenters. The van der Waals surface area contributed by atoms with Gasteiger partial charge in [0.2, 0.25) is 0 Å². The van der Waals surface area contributed by atoms with E-state index in [0.29, 0.717) is 16.3 Å². The van der Waals surface area contributed by atoms with Crippen LogP contribution in [0.4, 0.5) is 4.39 Å². The molecule has 0 amide bonds. The highest BCUT2D eigenvalue weighted by molar-refractivity contribution is 6.30. The molecule has 0 N–H and O–H groups in total. The average molecular weight is 397 g/mol. The molecule has 0 heterocycles. The van der Waals surface area contributed by atoms with E-state index in [1.54, 1.807) is 61.7 Å². The van der Waals surface area contributed by atoms with Crippen LogP contribution in [0.1, 0.15) is 21.5 Å². The quantitative estimate of drug-likeness (QED) is 0.365. The van der Waals surface area contributed by atoms with Gasteiger partial charge in [-0.1, -0.05) is 35.9 Å². The molecule has 0 unspecified atom stereocenters. The third-order valence-electron chi connectivity index (χ3n) is 4.08. The smallest absolute Gasteiger partial charge is 0.185 e. The van der Waals surface area contributed by atoms with E-state index in [-0.39, 0.29) is 18.1 Å². The van der Waals surface area contributed by atoms with Crippen LogP contribution in [0.25, 0.3) is 6.08 Å². The Morgan fingerprint density at radius 2 is 1.79 bits per heavy atom. The van der Waals surface area contributed by atoms with Crippen molar-refractivity contribution in [1.29, 1.82) is 0 Å². The van der Waals surface area contributed by atoms with E-state index >= 15 is 0 Å². The van der Waals surface area contributed by atoms with Gasteiger partial charge in [-0.05, 0) is 60.2 Å². The lowest BCUT2D eigenvalue weighted by atomic mass is 10.1. The first-order valence-corrected chi connectivity index (χ1v) is 8.97. The van der Waals surface area contributed by atoms with Crippen LogP contribution in [0.3, 0.4) is 0 Å². The summed E-state index contributed by atoms with van der Waals surface area (Å²) in [6.07, 6.45) is 3.20. The van der Waals surface area contributed by atoms with Crippen LogP contribution in [0.2, 0.25) is 5.02 Å². The molecule has 0 aliphatic carbocycles. The maximum atomic E-state index is 13.7. The molecular formula is C23H18ClFO3. The highest BCUT2D eigenvalue weighted by atomic mass is 35.5. The summed E-state index contributed by atoms with van der Waals surface area (Å²) >= 11 is 5.84. The van der Waals surface area contributed by atoms with Crippen LogP contribution >= 0.6 is 11.6 Å². The second-order valence-corrected chi connectivity index (χ2v) is 6.43. The van der Waals surface area contributed by atoms with Crippen LogP contribution in [0, 0.1) is 5.82 Å². The molecule has 3 rings (SSSR count). The molecule has 0 saturated carbocycles. The van der Waals surface area contributed by atoms with E-state index in [1.807, 2.05) is 12.1 Å². The molecule has 0 spiro atoms. The van der Waals surface area contributed by atoms with Gasteiger partial charge < -0.3 is 9.47 Å². The molecule has 0 aromatic heterocycles. The summed E-state index contributed by atoms with van der Waals surface area (Å²) < 4.78 is 24.7. The molecular weight excluding hydrogens is 379 g/mol. The van der Waals surface area contributed by atoms with Crippen molar-refractivity contribution >= 4 is 23.5 Å². The first-order valence-electron chi connectivity index (χ1n) is 8.59. The zero-order valence-electron chi connectivity index (χ0n) is 15.2. The Kier molecular flexibility index (Phi) is 6.45. The van der Waals surface area contributed by atoms with Crippen LogP contribution in [-0.2, 0) is 6.61 Å². The Balaban J connectivity index is 1.75. The fourth-order valence-electron chi connectivity index (χ4n) is 2.61. The number of halogens is 2. The number of para-hydroxylation sites is 1. The molecule has 28 heavy (non-hydrogen) atoms. The van der Waals surface area contributed by atoms with Gasteiger partial charge in [0.15, 0.2) is 17.3 Å². The standard InChI is InChI=1S/C23H18ClFO3/c1-27-22-13-7-16(6-12-21(26)17-8-10-19(24)11-9-17)14-18(22)15-28-23-5-3-2-4-20(23)25/h2-14H,15H2,1H3/b12-6+. The molecule has 142 valence electrons. The van der Waals surface area contributed by atoms with Gasteiger partial charge in [0, 0.05) is 16.1 Å². The van der Waals surface area contributed by atoms with Gasteiger partial charge in [-0.2, -0.15) is 0 Å². The Hall–Kier alpha value is -3.11. The number of rotatable bonds is 7. The van der Waals surface area contributed by atoms with E-state index in [9.17, 15) is 9.18 Å². The molecule has 0 fully saturated rings. The van der Waals surface area contributed by atoms with Crippen molar-refractivity contribution < 1.29 is 18.7 Å². The molecule has 3 nitrogen and oxygen atoms in total. The Labute approximate surface area is 168 Å². The van der Waals surface area contributed by atoms with Crippen LogP contribution in [0.15, 0.2) is 72.8 Å². The number of ether oxygens (including phenoxy) is 2. The number of carbonyl (C=O) groups excluding carboxylic acids is 1. The van der Waals surface area contributed by atoms with Crippen molar-refractivity contribution in [3.63, 3.8) is 0 Å². The minimum Gasteiger partial charge on any atom is -0.496 e. The van der Waals surface area contributed by atoms with Crippen LogP contribution < -0.4 is 9.47 Å². The summed E-state index contributed by atoms with van der Waals surface area (Å²) in [7, 11) is 1.56. The third kappa shape index (κ3) is 4.99. The number of benzene rings is 3. The molecule has 3 aromatic carbocycles. The van der Waals surface area contributed by atoms with Crippen LogP contribution in [0.5, 0.6) is 11.5 Å². The lowest BCUT2D eigenvalue weighted by Crippen LogP contribution is -2.00. The lowest BCUT2D eigenvalue weighted by Gasteiger charge is -2.11. The lowest BCUT2D eigenvalue weighted by molar-refractivity contribution is 0.104. The van der Waals surface area contributed by atoms with Crippen molar-refractivity contribution in [1.82, 2.24) is 0 Å². The predicted molar refractivity (Wildman–Crippen MR) is 109 cm³/mol. The number of hydrogen-bond donors (Lipinski definition) is 0. The topological polar surface area (TPSA) is 35.5 Å². The van der Waals surface area contributed by atoms with Crippen molar-refractivity contribution in [2.75, 3.05) is 7.11 Å². The summed E-state index contributed by atoms with van der Waals surface area (Å²) in [5.74, 6) is 0.239. The van der Waals surface area contributed by atoms with Crippen molar-refractivity contribution in [3.8, 4) is 11.5 Å². The minimum atomic E-state index is -0.425. The normalized spacial score (nSPS) is 10.8. The second kappa shape index (κ2) is 9.20. The largest absolute Gasteiger partial charge is 0.496 e. The summed E-state index contributed by atoms with van der Waals surface area (Å²) in [5.41, 5.74) is 2.10. The zero-order valence-corrected chi connectivity index (χ0v) is 15.9. The molecule has 5 heteroatoms. The number of ketones is 1. The SMILES string of the molecule is COc1ccc(/C=C/C(=O)c2ccc(Cl)cc2)cc1COc1ccccc1F. The highest BCUT2D eigenvalue weighted by Crippen LogP contribution is 2.24. The van der Waals surface area contributed by atoms with E-state index in [2.05, 4.69) is 0 Å². The monoisotopic (exact) mass is 396 g/mol. The van der Waals surface area contributed by atoms with Crippen molar-refractivity contribution in [2.24, 2.45) is 0 Å². The van der Waals surface area contributed by atoms with E-state index in [4.69, 9.17) is 21.1 Å². The summed E-state index contributed by atoms with van der Waals surface area (Å²) in [6.45, 7) is 0.136. The van der Waals surface area contributed by atoms with E-state index in [0.717, 1.165) is 11.1 Å². The second-order valence-electron chi connectivity index (χ2n) is 5.99. The molecule has 0 aliphatic heterocycles. The van der Waals surface area contributed by atoms with Gasteiger partial charge in [0.05, 0.1) is 7.11 Å². The molecule has 0 radical (unpaired) electrons. The first-order chi connectivity index (χ1) is 13.6. The van der Waals surface area contributed by atoms with Crippen molar-refractivity contribution in [2.45, 2.75) is 6.61 Å². The molecule has 0 bridgehead atoms. The summed E-state index contributed by atoms with van der Waals surface area (Å²) in [5, 5.41) is 0.579. The highest BCUT2D eigenvalue weighted by Gasteiger charge is 2.08. The summed E-state index contributed by atoms with van der Waals surface area (Å²) in [6, 6.07) is 18.4. The number of hydrogen-bond acceptors (Lipinski definition) is 3. The van der Waals surface area contributed by atoms with E-state index < -0.39 is 5.82 Å². The summed E-state index contributed by atoms with van der Waals surface area (Å²) in [4.78, 5) is 12.3. The van der Waals surface area contributed by atoms with Gasteiger partial charge in [0.25, 0.3) is 0 Å². The molecule has 0 saturated heterocycles. The van der Waals surface area contributed by atoms with Gasteiger partial charge in [0.1, 0.15) is 12.4 Å². The van der Waals surface area contributed by atoms with Crippen LogP contribution in [-0.4, -0.2) is 12.9 Å². The first kappa shape index (κ1) is 19.6. The van der Waals surface area contributed by atoms with Gasteiger partial charge in [-0.25, -0.2) is 4.39 Å². The van der Waals surface area contributed by atoms with Gasteiger partial charge in [-0.3, -0.25) is 4.79 Å². The van der Waals surface area contributed by atoms with E-state index in [1.165, 1.54) is 12.1 Å². The Morgan fingerprint density at radius 3 is 2.50 bits per heavy atom. The Bertz CT molecular complexity index is 997. The predicted octanol–water partition coefficient (Wildman–Crippen LogP) is 5.96. The maximum Gasteiger partial charge on any atom is 0.185 e.